The Morgan fingerprint density at radius 3 is 2.73 bits per heavy atom. The van der Waals surface area contributed by atoms with Gasteiger partial charge in [-0.15, -0.1) is 0 Å². The van der Waals surface area contributed by atoms with E-state index in [0.717, 1.165) is 11.3 Å². The molecule has 3 aromatic rings. The highest BCUT2D eigenvalue weighted by molar-refractivity contribution is 6.12. The van der Waals surface area contributed by atoms with Crippen LogP contribution in [0.4, 0.5) is 11.4 Å². The van der Waals surface area contributed by atoms with Gasteiger partial charge in [-0.3, -0.25) is 14.5 Å². The first-order valence-electron chi connectivity index (χ1n) is 10.2. The molecular formula is C24H21N3O6. The molecule has 0 fully saturated rings. The number of methoxy groups -OCH3 is 1. The Balaban J connectivity index is 1.58. The number of benzene rings is 3. The Bertz CT molecular complexity index is 1240. The van der Waals surface area contributed by atoms with E-state index in [1.807, 2.05) is 24.3 Å². The molecule has 2 amide bonds. The van der Waals surface area contributed by atoms with Crippen LogP contribution in [-0.2, 0) is 4.79 Å². The van der Waals surface area contributed by atoms with E-state index >= 15 is 0 Å². The molecule has 9 nitrogen and oxygen atoms in total. The highest BCUT2D eigenvalue weighted by Gasteiger charge is 2.35. The number of para-hydroxylation sites is 1. The van der Waals surface area contributed by atoms with Crippen LogP contribution in [0.2, 0.25) is 0 Å². The van der Waals surface area contributed by atoms with Crippen molar-refractivity contribution in [3.05, 3.63) is 71.8 Å². The van der Waals surface area contributed by atoms with E-state index in [4.69, 9.17) is 24.7 Å². The highest BCUT2D eigenvalue weighted by Crippen LogP contribution is 2.42. The van der Waals surface area contributed by atoms with Gasteiger partial charge in [0.2, 0.25) is 6.79 Å². The zero-order valence-corrected chi connectivity index (χ0v) is 17.7. The third kappa shape index (κ3) is 3.73. The van der Waals surface area contributed by atoms with Gasteiger partial charge in [0.25, 0.3) is 11.8 Å². The fourth-order valence-corrected chi connectivity index (χ4v) is 3.91. The van der Waals surface area contributed by atoms with E-state index in [9.17, 15) is 9.59 Å². The van der Waals surface area contributed by atoms with Crippen molar-refractivity contribution in [1.82, 2.24) is 0 Å². The molecule has 0 saturated carbocycles. The Morgan fingerprint density at radius 2 is 1.91 bits per heavy atom. The molecule has 0 bridgehead atoms. The molecule has 2 heterocycles. The van der Waals surface area contributed by atoms with Gasteiger partial charge in [-0.05, 0) is 42.0 Å². The van der Waals surface area contributed by atoms with Crippen molar-refractivity contribution in [2.24, 2.45) is 5.73 Å². The fraction of sp³-hybridized carbons (Fsp3) is 0.167. The maximum absolute atomic E-state index is 13.6. The van der Waals surface area contributed by atoms with Gasteiger partial charge in [-0.25, -0.2) is 0 Å². The second kappa shape index (κ2) is 8.27. The smallest absolute Gasteiger partial charge is 0.262 e. The lowest BCUT2D eigenvalue weighted by Gasteiger charge is -2.38. The maximum Gasteiger partial charge on any atom is 0.262 e. The van der Waals surface area contributed by atoms with Crippen LogP contribution in [0.1, 0.15) is 22.1 Å². The minimum absolute atomic E-state index is 0.140. The summed E-state index contributed by atoms with van der Waals surface area (Å²) in [6.45, 7) is -0.131. The van der Waals surface area contributed by atoms with E-state index in [1.54, 1.807) is 41.3 Å². The van der Waals surface area contributed by atoms with Gasteiger partial charge in [-0.2, -0.15) is 0 Å². The van der Waals surface area contributed by atoms with E-state index in [2.05, 4.69) is 5.32 Å². The van der Waals surface area contributed by atoms with Crippen molar-refractivity contribution in [2.75, 3.05) is 30.7 Å². The zero-order chi connectivity index (χ0) is 22.9. The molecule has 1 atom stereocenters. The lowest BCUT2D eigenvalue weighted by molar-refractivity contribution is -0.119. The first kappa shape index (κ1) is 20.5. The number of hydrogen-bond donors (Lipinski definition) is 2. The quantitative estimate of drug-likeness (QED) is 0.597. The van der Waals surface area contributed by atoms with Crippen molar-refractivity contribution in [1.29, 1.82) is 0 Å². The van der Waals surface area contributed by atoms with Gasteiger partial charge in [-0.1, -0.05) is 18.2 Å². The lowest BCUT2D eigenvalue weighted by Crippen LogP contribution is -2.43. The predicted molar refractivity (Wildman–Crippen MR) is 120 cm³/mol. The summed E-state index contributed by atoms with van der Waals surface area (Å²) in [5, 5.41) is 3.44. The molecule has 0 aromatic heterocycles. The summed E-state index contributed by atoms with van der Waals surface area (Å²) < 4.78 is 21.8. The molecule has 0 unspecified atom stereocenters. The number of nitrogens with zero attached hydrogens (tertiary/aromatic N) is 1. The second-order valence-electron chi connectivity index (χ2n) is 7.47. The number of ether oxygens (including phenoxy) is 4. The minimum Gasteiger partial charge on any atom is -0.493 e. The van der Waals surface area contributed by atoms with Crippen LogP contribution in [0, 0.1) is 0 Å². The zero-order valence-electron chi connectivity index (χ0n) is 17.7. The number of nitrogens with two attached hydrogens (primary N) is 1. The first-order chi connectivity index (χ1) is 16.0. The molecule has 2 aliphatic rings. The number of hydrogen-bond acceptors (Lipinski definition) is 7. The largest absolute Gasteiger partial charge is 0.493 e. The van der Waals surface area contributed by atoms with Crippen LogP contribution in [0.25, 0.3) is 0 Å². The van der Waals surface area contributed by atoms with Crippen LogP contribution >= 0.6 is 0 Å². The third-order valence-corrected chi connectivity index (χ3v) is 5.43. The Morgan fingerprint density at radius 1 is 1.09 bits per heavy atom. The van der Waals surface area contributed by atoms with Crippen LogP contribution in [0.3, 0.4) is 0 Å². The van der Waals surface area contributed by atoms with Gasteiger partial charge >= 0.3 is 0 Å². The lowest BCUT2D eigenvalue weighted by atomic mass is 10.0. The van der Waals surface area contributed by atoms with Crippen LogP contribution in [0.5, 0.6) is 23.0 Å². The van der Waals surface area contributed by atoms with E-state index < -0.39 is 12.1 Å². The number of primary amides is 1. The van der Waals surface area contributed by atoms with Gasteiger partial charge in [0.15, 0.2) is 29.6 Å². The van der Waals surface area contributed by atoms with Gasteiger partial charge < -0.3 is 30.0 Å². The Hall–Kier alpha value is -4.40. The van der Waals surface area contributed by atoms with Crippen molar-refractivity contribution in [2.45, 2.75) is 6.17 Å². The summed E-state index contributed by atoms with van der Waals surface area (Å²) in [4.78, 5) is 26.4. The summed E-state index contributed by atoms with van der Waals surface area (Å²) in [6.07, 6.45) is -0.549. The predicted octanol–water partition coefficient (Wildman–Crippen LogP) is 3.06. The van der Waals surface area contributed by atoms with Crippen LogP contribution in [0.15, 0.2) is 60.7 Å². The molecular weight excluding hydrogens is 426 g/mol. The maximum atomic E-state index is 13.6. The van der Waals surface area contributed by atoms with E-state index in [0.29, 0.717) is 34.2 Å². The molecule has 33 heavy (non-hydrogen) atoms. The average molecular weight is 447 g/mol. The van der Waals surface area contributed by atoms with Crippen LogP contribution < -0.4 is 34.9 Å². The number of anilines is 2. The molecule has 0 spiro atoms. The number of carbonyl (C=O) groups is 2. The topological polar surface area (TPSA) is 112 Å². The van der Waals surface area contributed by atoms with Crippen molar-refractivity contribution < 1.29 is 28.5 Å². The summed E-state index contributed by atoms with van der Waals surface area (Å²) in [6, 6.07) is 18.0. The van der Waals surface area contributed by atoms with E-state index in [-0.39, 0.29) is 19.3 Å². The highest BCUT2D eigenvalue weighted by atomic mass is 16.7. The fourth-order valence-electron chi connectivity index (χ4n) is 3.91. The van der Waals surface area contributed by atoms with Crippen LogP contribution in [-0.4, -0.2) is 32.3 Å². The summed E-state index contributed by atoms with van der Waals surface area (Å²) in [7, 11) is 1.50. The number of nitrogens with one attached hydrogen (secondary N) is 1. The van der Waals surface area contributed by atoms with Gasteiger partial charge in [0.05, 0.1) is 18.4 Å². The molecule has 3 aromatic carbocycles. The number of amides is 2. The SMILES string of the molecule is COc1cc([C@H]2Nc3ccccc3C(=O)N2c2ccc3c(c2)OCO3)ccc1OCC(N)=O. The summed E-state index contributed by atoms with van der Waals surface area (Å²) in [5.74, 6) is 1.23. The van der Waals surface area contributed by atoms with Gasteiger partial charge in [0, 0.05) is 11.8 Å². The number of carbonyl (C=O) groups excluding carboxylic acids is 2. The Kier molecular flexibility index (Phi) is 5.14. The molecule has 3 N–H and O–H groups in total. The van der Waals surface area contributed by atoms with Crippen molar-refractivity contribution >= 4 is 23.2 Å². The second-order valence-corrected chi connectivity index (χ2v) is 7.47. The first-order valence-corrected chi connectivity index (χ1v) is 10.2. The molecule has 0 saturated heterocycles. The normalized spacial score (nSPS) is 16.1. The molecule has 2 aliphatic heterocycles. The summed E-state index contributed by atoms with van der Waals surface area (Å²) in [5.41, 5.74) is 7.85. The van der Waals surface area contributed by atoms with Crippen molar-refractivity contribution in [3.8, 4) is 23.0 Å². The minimum atomic E-state index is -0.591. The summed E-state index contributed by atoms with van der Waals surface area (Å²) >= 11 is 0. The van der Waals surface area contributed by atoms with Crippen molar-refractivity contribution in [3.63, 3.8) is 0 Å². The molecule has 5 rings (SSSR count). The monoisotopic (exact) mass is 447 g/mol. The molecule has 0 aliphatic carbocycles. The third-order valence-electron chi connectivity index (χ3n) is 5.43. The number of rotatable bonds is 6. The van der Waals surface area contributed by atoms with E-state index in [1.165, 1.54) is 7.11 Å². The number of fused-ring (bicyclic) bond motifs is 2. The standard InChI is InChI=1S/C24H21N3O6/c1-30-20-10-14(6-8-18(20)31-12-22(25)28)23-26-17-5-3-2-4-16(17)24(29)27(23)15-7-9-19-21(11-15)33-13-32-19/h2-11,23,26H,12-13H2,1H3,(H2,25,28)/t23-/m0/s1. The molecule has 168 valence electrons. The van der Waals surface area contributed by atoms with Gasteiger partial charge in [0.1, 0.15) is 6.17 Å². The molecule has 0 radical (unpaired) electrons. The Labute approximate surface area is 189 Å². The average Bonchev–Trinajstić information content (AvgIpc) is 3.30. The molecule has 9 heteroatoms.